The molecule has 0 bridgehead atoms. The van der Waals surface area contributed by atoms with E-state index in [0.717, 1.165) is 5.56 Å². The highest BCUT2D eigenvalue weighted by atomic mass is 19.2. The van der Waals surface area contributed by atoms with Crippen molar-refractivity contribution in [2.45, 2.75) is 6.92 Å². The van der Waals surface area contributed by atoms with Gasteiger partial charge in [0.15, 0.2) is 17.5 Å². The van der Waals surface area contributed by atoms with Crippen LogP contribution in [-0.2, 0) is 0 Å². The van der Waals surface area contributed by atoms with E-state index < -0.39 is 17.6 Å². The average molecular weight is 238 g/mol. The highest BCUT2D eigenvalue weighted by molar-refractivity contribution is 5.56. The SMILES string of the molecule is Cc1ccc(Nc2nc(F)c(F)cc2F)cc1. The summed E-state index contributed by atoms with van der Waals surface area (Å²) in [7, 11) is 0. The maximum absolute atomic E-state index is 13.3. The minimum atomic E-state index is -1.33. The number of hydrogen-bond acceptors (Lipinski definition) is 2. The average Bonchev–Trinajstić information content (AvgIpc) is 2.29. The van der Waals surface area contributed by atoms with Crippen LogP contribution in [0, 0.1) is 24.5 Å². The molecule has 0 spiro atoms. The van der Waals surface area contributed by atoms with E-state index in [1.807, 2.05) is 6.92 Å². The maximum atomic E-state index is 13.3. The molecule has 2 rings (SSSR count). The summed E-state index contributed by atoms with van der Waals surface area (Å²) < 4.78 is 38.7. The summed E-state index contributed by atoms with van der Waals surface area (Å²) in [6, 6.07) is 7.45. The number of aryl methyl sites for hydroxylation is 1. The van der Waals surface area contributed by atoms with Crippen molar-refractivity contribution in [1.82, 2.24) is 4.98 Å². The van der Waals surface area contributed by atoms with Gasteiger partial charge in [-0.25, -0.2) is 8.78 Å². The lowest BCUT2D eigenvalue weighted by Crippen LogP contribution is -2.01. The van der Waals surface area contributed by atoms with Gasteiger partial charge in [0, 0.05) is 11.8 Å². The Labute approximate surface area is 96.1 Å². The van der Waals surface area contributed by atoms with Crippen LogP contribution in [0.4, 0.5) is 24.7 Å². The molecule has 0 aliphatic carbocycles. The molecule has 88 valence electrons. The van der Waals surface area contributed by atoms with Gasteiger partial charge in [-0.3, -0.25) is 0 Å². The predicted octanol–water partition coefficient (Wildman–Crippen LogP) is 3.55. The van der Waals surface area contributed by atoms with Gasteiger partial charge in [0.1, 0.15) is 0 Å². The van der Waals surface area contributed by atoms with Crippen LogP contribution in [0.15, 0.2) is 30.3 Å². The van der Waals surface area contributed by atoms with E-state index in [9.17, 15) is 13.2 Å². The van der Waals surface area contributed by atoms with Gasteiger partial charge in [-0.1, -0.05) is 17.7 Å². The fourth-order valence-electron chi connectivity index (χ4n) is 1.31. The standard InChI is InChI=1S/C12H9F3N2/c1-7-2-4-8(5-3-7)16-12-10(14)6-9(13)11(15)17-12/h2-6H,1H3,(H,16,17). The molecule has 0 saturated carbocycles. The van der Waals surface area contributed by atoms with Crippen LogP contribution in [0.25, 0.3) is 0 Å². The molecule has 1 aromatic carbocycles. The van der Waals surface area contributed by atoms with Crippen LogP contribution in [0.3, 0.4) is 0 Å². The topological polar surface area (TPSA) is 24.9 Å². The molecule has 1 heterocycles. The lowest BCUT2D eigenvalue weighted by Gasteiger charge is -2.07. The number of aromatic nitrogens is 1. The Kier molecular flexibility index (Phi) is 2.99. The molecule has 0 unspecified atom stereocenters. The molecular formula is C12H9F3N2. The summed E-state index contributed by atoms with van der Waals surface area (Å²) in [6.45, 7) is 1.90. The van der Waals surface area contributed by atoms with Crippen molar-refractivity contribution < 1.29 is 13.2 Å². The number of rotatable bonds is 2. The number of halogens is 3. The minimum Gasteiger partial charge on any atom is -0.338 e. The van der Waals surface area contributed by atoms with E-state index in [4.69, 9.17) is 0 Å². The zero-order chi connectivity index (χ0) is 12.4. The third kappa shape index (κ3) is 2.55. The third-order valence-corrected chi connectivity index (χ3v) is 2.20. The van der Waals surface area contributed by atoms with Crippen molar-refractivity contribution in [3.63, 3.8) is 0 Å². The van der Waals surface area contributed by atoms with Crippen LogP contribution < -0.4 is 5.32 Å². The van der Waals surface area contributed by atoms with Gasteiger partial charge in [-0.05, 0) is 19.1 Å². The Morgan fingerprint density at radius 1 is 1.00 bits per heavy atom. The van der Waals surface area contributed by atoms with Crippen LogP contribution in [-0.4, -0.2) is 4.98 Å². The second kappa shape index (κ2) is 4.45. The number of anilines is 2. The molecule has 1 aromatic heterocycles. The second-order valence-electron chi connectivity index (χ2n) is 3.58. The number of pyridine rings is 1. The van der Waals surface area contributed by atoms with Crippen molar-refractivity contribution >= 4 is 11.5 Å². The number of nitrogens with zero attached hydrogens (tertiary/aromatic N) is 1. The quantitative estimate of drug-likeness (QED) is 0.809. The second-order valence-corrected chi connectivity index (χ2v) is 3.58. The first-order chi connectivity index (χ1) is 8.06. The summed E-state index contributed by atoms with van der Waals surface area (Å²) in [5, 5.41) is 2.57. The molecule has 0 saturated heterocycles. The van der Waals surface area contributed by atoms with E-state index >= 15 is 0 Å². The Balaban J connectivity index is 2.30. The van der Waals surface area contributed by atoms with E-state index in [2.05, 4.69) is 10.3 Å². The first-order valence-electron chi connectivity index (χ1n) is 4.91. The van der Waals surface area contributed by atoms with Crippen LogP contribution in [0.5, 0.6) is 0 Å². The molecule has 2 nitrogen and oxygen atoms in total. The van der Waals surface area contributed by atoms with Gasteiger partial charge in [-0.15, -0.1) is 0 Å². The predicted molar refractivity (Wildman–Crippen MR) is 58.6 cm³/mol. The monoisotopic (exact) mass is 238 g/mol. The first-order valence-corrected chi connectivity index (χ1v) is 4.91. The van der Waals surface area contributed by atoms with E-state index in [1.165, 1.54) is 0 Å². The highest BCUT2D eigenvalue weighted by Gasteiger charge is 2.11. The largest absolute Gasteiger partial charge is 0.338 e. The number of nitrogens with one attached hydrogen (secondary N) is 1. The summed E-state index contributed by atoms with van der Waals surface area (Å²) in [6.07, 6.45) is 0. The minimum absolute atomic E-state index is 0.340. The Hall–Kier alpha value is -2.04. The highest BCUT2D eigenvalue weighted by Crippen LogP contribution is 2.19. The molecule has 0 atom stereocenters. The van der Waals surface area contributed by atoms with Gasteiger partial charge in [0.25, 0.3) is 5.95 Å². The van der Waals surface area contributed by atoms with Crippen molar-refractivity contribution in [3.05, 3.63) is 53.5 Å². The molecule has 1 N–H and O–H groups in total. The Morgan fingerprint density at radius 2 is 1.65 bits per heavy atom. The molecule has 5 heteroatoms. The van der Waals surface area contributed by atoms with Gasteiger partial charge in [0.05, 0.1) is 0 Å². The molecule has 0 fully saturated rings. The van der Waals surface area contributed by atoms with E-state index in [0.29, 0.717) is 11.8 Å². The number of benzene rings is 1. The number of hydrogen-bond donors (Lipinski definition) is 1. The molecule has 17 heavy (non-hydrogen) atoms. The Bertz CT molecular complexity index is 538. The lowest BCUT2D eigenvalue weighted by molar-refractivity contribution is 0.467. The van der Waals surface area contributed by atoms with E-state index in [-0.39, 0.29) is 5.82 Å². The third-order valence-electron chi connectivity index (χ3n) is 2.20. The molecule has 0 amide bonds. The summed E-state index contributed by atoms with van der Waals surface area (Å²) in [5.41, 5.74) is 1.59. The zero-order valence-electron chi connectivity index (χ0n) is 8.97. The first kappa shape index (κ1) is 11.4. The summed E-state index contributed by atoms with van der Waals surface area (Å²) >= 11 is 0. The van der Waals surface area contributed by atoms with E-state index in [1.54, 1.807) is 24.3 Å². The van der Waals surface area contributed by atoms with Crippen molar-refractivity contribution in [2.24, 2.45) is 0 Å². The molecule has 0 radical (unpaired) electrons. The smallest absolute Gasteiger partial charge is 0.251 e. The Morgan fingerprint density at radius 3 is 2.29 bits per heavy atom. The van der Waals surface area contributed by atoms with Crippen molar-refractivity contribution in [3.8, 4) is 0 Å². The van der Waals surface area contributed by atoms with Gasteiger partial charge >= 0.3 is 0 Å². The maximum Gasteiger partial charge on any atom is 0.251 e. The van der Waals surface area contributed by atoms with Crippen LogP contribution in [0.1, 0.15) is 5.56 Å². The van der Waals surface area contributed by atoms with Crippen molar-refractivity contribution in [2.75, 3.05) is 5.32 Å². The van der Waals surface area contributed by atoms with Crippen molar-refractivity contribution in [1.29, 1.82) is 0 Å². The molecule has 0 aliphatic rings. The summed E-state index contributed by atoms with van der Waals surface area (Å²) in [4.78, 5) is 3.16. The van der Waals surface area contributed by atoms with Crippen LogP contribution in [0.2, 0.25) is 0 Å². The lowest BCUT2D eigenvalue weighted by atomic mass is 10.2. The summed E-state index contributed by atoms with van der Waals surface area (Å²) in [5.74, 6) is -3.92. The zero-order valence-corrected chi connectivity index (χ0v) is 8.97. The normalized spacial score (nSPS) is 10.4. The van der Waals surface area contributed by atoms with Crippen LogP contribution >= 0.6 is 0 Å². The van der Waals surface area contributed by atoms with Gasteiger partial charge in [0.2, 0.25) is 0 Å². The fraction of sp³-hybridized carbons (Fsp3) is 0.0833. The van der Waals surface area contributed by atoms with Gasteiger partial charge in [-0.2, -0.15) is 9.37 Å². The molecule has 2 aromatic rings. The fourth-order valence-corrected chi connectivity index (χ4v) is 1.31. The molecule has 0 aliphatic heterocycles. The van der Waals surface area contributed by atoms with Gasteiger partial charge < -0.3 is 5.32 Å². The molecular weight excluding hydrogens is 229 g/mol.